The van der Waals surface area contributed by atoms with Gasteiger partial charge in [0.05, 0.1) is 29.3 Å². The molecule has 0 aliphatic carbocycles. The predicted molar refractivity (Wildman–Crippen MR) is 121 cm³/mol. The van der Waals surface area contributed by atoms with Crippen molar-refractivity contribution in [2.45, 2.75) is 32.9 Å². The topological polar surface area (TPSA) is 86.3 Å². The number of rotatable bonds is 9. The van der Waals surface area contributed by atoms with Gasteiger partial charge in [0.25, 0.3) is 0 Å². The van der Waals surface area contributed by atoms with Crippen LogP contribution in [-0.4, -0.2) is 38.7 Å². The smallest absolute Gasteiger partial charge is 0.357 e. The van der Waals surface area contributed by atoms with Crippen LogP contribution >= 0.6 is 0 Å². The van der Waals surface area contributed by atoms with E-state index in [-0.39, 0.29) is 5.97 Å². The first-order valence-corrected chi connectivity index (χ1v) is 10.7. The maximum Gasteiger partial charge on any atom is 0.357 e. The van der Waals surface area contributed by atoms with Gasteiger partial charge in [-0.3, -0.25) is 4.98 Å². The van der Waals surface area contributed by atoms with E-state index in [9.17, 15) is 4.79 Å². The first-order valence-electron chi connectivity index (χ1n) is 10.7. The lowest BCUT2D eigenvalue weighted by atomic mass is 10.2. The summed E-state index contributed by atoms with van der Waals surface area (Å²) in [5, 5.41) is 2.71. The minimum atomic E-state index is -0.375. The summed E-state index contributed by atoms with van der Waals surface area (Å²) < 4.78 is 2.22. The summed E-state index contributed by atoms with van der Waals surface area (Å²) in [6.07, 6.45) is 3.69. The third-order valence-corrected chi connectivity index (χ3v) is 5.29. The van der Waals surface area contributed by atoms with Gasteiger partial charge in [-0.15, -0.1) is 5.06 Å². The van der Waals surface area contributed by atoms with Gasteiger partial charge < -0.3 is 15.1 Å². The zero-order chi connectivity index (χ0) is 21.6. The van der Waals surface area contributed by atoms with Gasteiger partial charge in [0.15, 0.2) is 0 Å². The van der Waals surface area contributed by atoms with Gasteiger partial charge in [-0.2, -0.15) is 0 Å². The lowest BCUT2D eigenvalue weighted by Gasteiger charge is -2.20. The number of para-hydroxylation sites is 1. The average Bonchev–Trinajstić information content (AvgIpc) is 3.16. The van der Waals surface area contributed by atoms with Gasteiger partial charge >= 0.3 is 5.97 Å². The highest BCUT2D eigenvalue weighted by Crippen LogP contribution is 2.26. The number of aryl methyl sites for hydroxylation is 1. The van der Waals surface area contributed by atoms with Crippen molar-refractivity contribution in [2.24, 2.45) is 5.73 Å². The maximum absolute atomic E-state index is 12.5. The van der Waals surface area contributed by atoms with Crippen molar-refractivity contribution in [2.75, 3.05) is 13.1 Å². The zero-order valence-electron chi connectivity index (χ0n) is 17.7. The minimum absolute atomic E-state index is 0.375. The Bertz CT molecular complexity index is 1170. The van der Waals surface area contributed by atoms with E-state index >= 15 is 0 Å². The summed E-state index contributed by atoms with van der Waals surface area (Å²) >= 11 is 0. The SMILES string of the molecule is CCN(Cc1nc2cnc3ccccc3c2n1CCCCN)OC(=O)c1ccccc1. The third kappa shape index (κ3) is 4.57. The van der Waals surface area contributed by atoms with Crippen LogP contribution in [0.3, 0.4) is 0 Å². The molecule has 0 saturated carbocycles. The summed E-state index contributed by atoms with van der Waals surface area (Å²) in [5.41, 5.74) is 9.07. The van der Waals surface area contributed by atoms with Gasteiger partial charge in [0.2, 0.25) is 0 Å². The van der Waals surface area contributed by atoms with Crippen molar-refractivity contribution < 1.29 is 9.63 Å². The largest absolute Gasteiger partial charge is 0.363 e. The molecule has 0 atom stereocenters. The van der Waals surface area contributed by atoms with Crippen molar-refractivity contribution in [1.82, 2.24) is 19.6 Å². The summed E-state index contributed by atoms with van der Waals surface area (Å²) in [5.74, 6) is 0.466. The second-order valence-electron chi connectivity index (χ2n) is 7.39. The normalized spacial score (nSPS) is 11.5. The van der Waals surface area contributed by atoms with Crippen LogP contribution in [0.25, 0.3) is 21.9 Å². The maximum atomic E-state index is 12.5. The van der Waals surface area contributed by atoms with Gasteiger partial charge in [0, 0.05) is 18.5 Å². The molecular formula is C24H27N5O2. The van der Waals surface area contributed by atoms with Crippen LogP contribution in [0.15, 0.2) is 60.8 Å². The first-order chi connectivity index (χ1) is 15.2. The van der Waals surface area contributed by atoms with E-state index in [1.807, 2.05) is 49.5 Å². The minimum Gasteiger partial charge on any atom is -0.363 e. The molecule has 0 radical (unpaired) electrons. The molecule has 0 aliphatic heterocycles. The van der Waals surface area contributed by atoms with Crippen LogP contribution in [0.1, 0.15) is 35.9 Å². The second kappa shape index (κ2) is 9.68. The fourth-order valence-electron chi connectivity index (χ4n) is 3.70. The molecule has 0 aliphatic rings. The van der Waals surface area contributed by atoms with Crippen LogP contribution in [0.2, 0.25) is 0 Å². The molecule has 4 aromatic rings. The molecule has 0 unspecified atom stereocenters. The lowest BCUT2D eigenvalue weighted by Crippen LogP contribution is -2.28. The average molecular weight is 418 g/mol. The number of aromatic nitrogens is 3. The Kier molecular flexibility index (Phi) is 6.54. The number of hydrogen-bond donors (Lipinski definition) is 1. The standard InChI is InChI=1S/C24H27N5O2/c1-2-28(31-24(30)18-10-4-3-5-11-18)17-22-27-21-16-26-20-13-7-6-12-19(20)23(21)29(22)15-9-8-14-25/h3-7,10-13,16H,2,8-9,14-15,17,25H2,1H3. The molecule has 160 valence electrons. The summed E-state index contributed by atoms with van der Waals surface area (Å²) in [7, 11) is 0. The molecule has 2 heterocycles. The van der Waals surface area contributed by atoms with Gasteiger partial charge in [-0.05, 0) is 44.5 Å². The molecule has 0 fully saturated rings. The van der Waals surface area contributed by atoms with E-state index in [1.54, 1.807) is 17.2 Å². The molecule has 2 aromatic heterocycles. The van der Waals surface area contributed by atoms with Crippen molar-refractivity contribution >= 4 is 27.9 Å². The molecular weight excluding hydrogens is 390 g/mol. The highest BCUT2D eigenvalue weighted by molar-refractivity contribution is 6.02. The Labute approximate surface area is 181 Å². The van der Waals surface area contributed by atoms with Gasteiger partial charge in [-0.1, -0.05) is 36.4 Å². The Hall–Kier alpha value is -3.29. The molecule has 31 heavy (non-hydrogen) atoms. The van der Waals surface area contributed by atoms with Gasteiger partial charge in [-0.25, -0.2) is 9.78 Å². The van der Waals surface area contributed by atoms with Crippen molar-refractivity contribution in [3.63, 3.8) is 0 Å². The predicted octanol–water partition coefficient (Wildman–Crippen LogP) is 3.92. The number of hydrogen-bond acceptors (Lipinski definition) is 6. The van der Waals surface area contributed by atoms with Crippen LogP contribution in [-0.2, 0) is 17.9 Å². The number of benzene rings is 2. The Balaban J connectivity index is 1.67. The molecule has 2 N–H and O–H groups in total. The van der Waals surface area contributed by atoms with E-state index in [0.717, 1.165) is 47.1 Å². The molecule has 7 heteroatoms. The third-order valence-electron chi connectivity index (χ3n) is 5.29. The van der Waals surface area contributed by atoms with Gasteiger partial charge in [0.1, 0.15) is 11.3 Å². The van der Waals surface area contributed by atoms with E-state index < -0.39 is 0 Å². The van der Waals surface area contributed by atoms with Crippen LogP contribution in [0, 0.1) is 0 Å². The van der Waals surface area contributed by atoms with Crippen LogP contribution in [0.5, 0.6) is 0 Å². The van der Waals surface area contributed by atoms with E-state index in [2.05, 4.69) is 15.6 Å². The summed E-state index contributed by atoms with van der Waals surface area (Å²) in [6.45, 7) is 4.34. The van der Waals surface area contributed by atoms with Crippen molar-refractivity contribution in [3.8, 4) is 0 Å². The summed E-state index contributed by atoms with van der Waals surface area (Å²) in [6, 6.07) is 17.1. The molecule has 0 saturated heterocycles. The van der Waals surface area contributed by atoms with E-state index in [4.69, 9.17) is 15.6 Å². The van der Waals surface area contributed by atoms with E-state index in [0.29, 0.717) is 25.2 Å². The van der Waals surface area contributed by atoms with Crippen LogP contribution < -0.4 is 5.73 Å². The number of fused-ring (bicyclic) bond motifs is 3. The molecule has 2 aromatic carbocycles. The van der Waals surface area contributed by atoms with E-state index in [1.165, 1.54) is 0 Å². The Morgan fingerprint density at radius 2 is 1.84 bits per heavy atom. The van der Waals surface area contributed by atoms with Crippen molar-refractivity contribution in [1.29, 1.82) is 0 Å². The molecule has 4 rings (SSSR count). The number of pyridine rings is 1. The number of hydroxylamine groups is 2. The highest BCUT2D eigenvalue weighted by atomic mass is 16.7. The number of nitrogens with two attached hydrogens (primary N) is 1. The first kappa shape index (κ1) is 21.0. The monoisotopic (exact) mass is 417 g/mol. The molecule has 0 bridgehead atoms. The van der Waals surface area contributed by atoms with Crippen LogP contribution in [0.4, 0.5) is 0 Å². The number of carbonyl (C=O) groups excluding carboxylic acids is 1. The number of imidazole rings is 1. The molecule has 0 amide bonds. The number of carbonyl (C=O) groups is 1. The molecule has 7 nitrogen and oxygen atoms in total. The quantitative estimate of drug-likeness (QED) is 0.328. The zero-order valence-corrected chi connectivity index (χ0v) is 17.7. The van der Waals surface area contributed by atoms with Crippen molar-refractivity contribution in [3.05, 3.63) is 72.2 Å². The lowest BCUT2D eigenvalue weighted by molar-refractivity contribution is -0.115. The second-order valence-corrected chi connectivity index (χ2v) is 7.39. The molecule has 0 spiro atoms. The fourth-order valence-corrected chi connectivity index (χ4v) is 3.70. The fraction of sp³-hybridized carbons (Fsp3) is 0.292. The summed E-state index contributed by atoms with van der Waals surface area (Å²) in [4.78, 5) is 27.6. The number of nitrogens with zero attached hydrogens (tertiary/aromatic N) is 4. The highest BCUT2D eigenvalue weighted by Gasteiger charge is 2.19. The number of unbranched alkanes of at least 4 members (excludes halogenated alkanes) is 1. The Morgan fingerprint density at radius 1 is 1.06 bits per heavy atom. The Morgan fingerprint density at radius 3 is 2.61 bits per heavy atom.